The summed E-state index contributed by atoms with van der Waals surface area (Å²) in [6.07, 6.45) is 3.59. The van der Waals surface area contributed by atoms with Crippen LogP contribution in [-0.4, -0.2) is 77.6 Å². The van der Waals surface area contributed by atoms with E-state index >= 15 is 0 Å². The average Bonchev–Trinajstić information content (AvgIpc) is 3.55. The van der Waals surface area contributed by atoms with Gasteiger partial charge in [0.15, 0.2) is 11.8 Å². The summed E-state index contributed by atoms with van der Waals surface area (Å²) in [5, 5.41) is 17.2. The first kappa shape index (κ1) is 42.5. The number of carbonyl (C=O) groups excluding carboxylic acids is 1. The second-order valence-electron chi connectivity index (χ2n) is 17.2. The van der Waals surface area contributed by atoms with Gasteiger partial charge < -0.3 is 28.6 Å². The van der Waals surface area contributed by atoms with Crippen molar-refractivity contribution in [3.63, 3.8) is 0 Å². The number of aromatic nitrogens is 3. The first-order chi connectivity index (χ1) is 26.0. The molecule has 1 aliphatic rings. The number of anilines is 1. The quantitative estimate of drug-likeness (QED) is 0.0706. The molecule has 0 spiro atoms. The summed E-state index contributed by atoms with van der Waals surface area (Å²) in [6.45, 7) is 22.9. The highest BCUT2D eigenvalue weighted by molar-refractivity contribution is 6.99. The maximum atomic E-state index is 13.5. The van der Waals surface area contributed by atoms with Gasteiger partial charge in [0.2, 0.25) is 0 Å². The second kappa shape index (κ2) is 17.7. The molecule has 0 radical (unpaired) electrons. The van der Waals surface area contributed by atoms with E-state index < -0.39 is 26.0 Å². The Morgan fingerprint density at radius 3 is 2.09 bits per heavy atom. The Kier molecular flexibility index (Phi) is 13.7. The third-order valence-corrected chi connectivity index (χ3v) is 15.8. The van der Waals surface area contributed by atoms with Crippen molar-refractivity contribution >= 4 is 36.1 Å². The van der Waals surface area contributed by atoms with Crippen molar-refractivity contribution in [2.45, 2.75) is 136 Å². The maximum Gasteiger partial charge on any atom is 0.340 e. The summed E-state index contributed by atoms with van der Waals surface area (Å²) in [7, 11) is -2.60. The van der Waals surface area contributed by atoms with Crippen LogP contribution in [-0.2, 0) is 30.0 Å². The number of aliphatic hydroxyl groups excluding tert-OH is 1. The molecule has 55 heavy (non-hydrogen) atoms. The fourth-order valence-corrected chi connectivity index (χ4v) is 12.6. The summed E-state index contributed by atoms with van der Waals surface area (Å²) >= 11 is 0. The van der Waals surface area contributed by atoms with Crippen LogP contribution in [0.25, 0.3) is 5.65 Å². The van der Waals surface area contributed by atoms with Crippen LogP contribution in [0.15, 0.2) is 66.7 Å². The number of aliphatic hydroxyl groups is 1. The van der Waals surface area contributed by atoms with Gasteiger partial charge in [-0.25, -0.2) is 9.78 Å². The molecule has 1 aliphatic heterocycles. The average molecular weight is 773 g/mol. The highest BCUT2D eigenvalue weighted by atomic mass is 28.4. The molecule has 0 unspecified atom stereocenters. The van der Waals surface area contributed by atoms with Gasteiger partial charge in [-0.15, -0.1) is 0 Å². The number of carbonyl (C=O) groups is 1. The molecule has 4 aromatic rings. The van der Waals surface area contributed by atoms with Crippen molar-refractivity contribution < 1.29 is 28.5 Å². The Balaban J connectivity index is 1.26. The molecule has 1 N–H and O–H groups in total. The molecule has 2 atom stereocenters. The van der Waals surface area contributed by atoms with E-state index in [-0.39, 0.29) is 30.0 Å². The zero-order valence-corrected chi connectivity index (χ0v) is 35.9. The minimum Gasteiger partial charge on any atom is -0.464 e. The highest BCUT2D eigenvalue weighted by Gasteiger charge is 2.51. The molecule has 2 aromatic heterocycles. The lowest BCUT2D eigenvalue weighted by molar-refractivity contribution is -0.166. The van der Waals surface area contributed by atoms with Crippen LogP contribution in [0.3, 0.4) is 0 Å². The number of unbranched alkanes of at least 4 members (excludes halogenated alkanes) is 1. The number of rotatable bonds is 16. The molecular weight excluding hydrogens is 709 g/mol. The van der Waals surface area contributed by atoms with Crippen LogP contribution >= 0.6 is 0 Å². The van der Waals surface area contributed by atoms with E-state index in [1.165, 1.54) is 10.4 Å². The highest BCUT2D eigenvalue weighted by Crippen LogP contribution is 2.40. The fraction of sp³-hybridized carbons (Fsp3) is 0.568. The number of nitrogens with zero attached hydrogens (tertiary/aromatic N) is 4. The van der Waals surface area contributed by atoms with E-state index in [4.69, 9.17) is 28.7 Å². The molecule has 0 bridgehead atoms. The number of ether oxygens (including phenoxy) is 3. The van der Waals surface area contributed by atoms with Crippen LogP contribution in [0, 0.1) is 6.92 Å². The van der Waals surface area contributed by atoms with Gasteiger partial charge in [0.05, 0.1) is 35.7 Å². The molecular formula is C44H64N4O6Si. The molecule has 0 aliphatic carbocycles. The summed E-state index contributed by atoms with van der Waals surface area (Å²) in [6, 6.07) is 23.5. The fourth-order valence-electron chi connectivity index (χ4n) is 7.89. The summed E-state index contributed by atoms with van der Waals surface area (Å²) in [5.41, 5.74) is 1.48. The molecule has 5 rings (SSSR count). The largest absolute Gasteiger partial charge is 0.464 e. The predicted octanol–water partition coefficient (Wildman–Crippen LogP) is 7.46. The topological polar surface area (TPSA) is 108 Å². The second-order valence-corrected chi connectivity index (χ2v) is 21.5. The third-order valence-electron chi connectivity index (χ3n) is 10.6. The molecule has 0 amide bonds. The van der Waals surface area contributed by atoms with E-state index in [1.54, 1.807) is 17.5 Å². The third kappa shape index (κ3) is 9.86. The molecule has 300 valence electrons. The number of piperidine rings is 1. The maximum absolute atomic E-state index is 13.5. The lowest BCUT2D eigenvalue weighted by atomic mass is 9.92. The van der Waals surface area contributed by atoms with Crippen LogP contribution < -0.4 is 15.3 Å². The van der Waals surface area contributed by atoms with Crippen molar-refractivity contribution in [2.75, 3.05) is 31.2 Å². The summed E-state index contributed by atoms with van der Waals surface area (Å²) in [5.74, 6) is 0.273. The summed E-state index contributed by atoms with van der Waals surface area (Å²) < 4.78 is 27.6. The van der Waals surface area contributed by atoms with E-state index in [9.17, 15) is 9.90 Å². The smallest absolute Gasteiger partial charge is 0.340 e. The van der Waals surface area contributed by atoms with Gasteiger partial charge >= 0.3 is 5.97 Å². The van der Waals surface area contributed by atoms with Gasteiger partial charge in [-0.3, -0.25) is 0 Å². The zero-order chi connectivity index (χ0) is 40.0. The minimum atomic E-state index is -2.60. The van der Waals surface area contributed by atoms with Gasteiger partial charge in [0, 0.05) is 37.6 Å². The summed E-state index contributed by atoms with van der Waals surface area (Å²) in [4.78, 5) is 20.5. The number of benzene rings is 2. The number of hydrogen-bond acceptors (Lipinski definition) is 9. The van der Waals surface area contributed by atoms with E-state index in [0.29, 0.717) is 42.3 Å². The zero-order valence-electron chi connectivity index (χ0n) is 34.9. The van der Waals surface area contributed by atoms with Gasteiger partial charge in [0.25, 0.3) is 8.32 Å². The Morgan fingerprint density at radius 1 is 0.964 bits per heavy atom. The first-order valence-corrected chi connectivity index (χ1v) is 21.9. The van der Waals surface area contributed by atoms with Crippen molar-refractivity contribution in [2.24, 2.45) is 0 Å². The molecule has 2 aromatic carbocycles. The van der Waals surface area contributed by atoms with E-state index in [0.717, 1.165) is 37.9 Å². The van der Waals surface area contributed by atoms with Crippen LogP contribution in [0.4, 0.5) is 5.82 Å². The number of hydrogen-bond donors (Lipinski definition) is 1. The van der Waals surface area contributed by atoms with Gasteiger partial charge in [-0.05, 0) is 96.0 Å². The van der Waals surface area contributed by atoms with E-state index in [2.05, 4.69) is 100 Å². The molecule has 1 fully saturated rings. The Hall–Kier alpha value is -3.61. The molecule has 1 saturated heterocycles. The lowest BCUT2D eigenvalue weighted by Crippen LogP contribution is -2.67. The number of esters is 1. The SMILES string of the molecule is CCOC(=O)[C@@H](OC(C)(C)C)c1c(C)nc2cc(CO)nn2c1N1CCC(C)(OCCCC[C@@H](C)O[Si](c2ccccc2)(c2ccccc2)C(C)(C)C)CC1. The monoisotopic (exact) mass is 772 g/mol. The van der Waals surface area contributed by atoms with Gasteiger partial charge in [-0.2, -0.15) is 9.61 Å². The Labute approximate surface area is 329 Å². The molecule has 10 nitrogen and oxygen atoms in total. The van der Waals surface area contributed by atoms with Gasteiger partial charge in [-0.1, -0.05) is 81.4 Å². The van der Waals surface area contributed by atoms with Crippen molar-refractivity contribution in [1.82, 2.24) is 14.6 Å². The van der Waals surface area contributed by atoms with Crippen LogP contribution in [0.5, 0.6) is 0 Å². The predicted molar refractivity (Wildman–Crippen MR) is 222 cm³/mol. The minimum absolute atomic E-state index is 0.0596. The van der Waals surface area contributed by atoms with Crippen molar-refractivity contribution in [3.8, 4) is 0 Å². The lowest BCUT2D eigenvalue weighted by Gasteiger charge is -2.44. The van der Waals surface area contributed by atoms with Crippen molar-refractivity contribution in [3.05, 3.63) is 83.7 Å². The molecule has 3 heterocycles. The van der Waals surface area contributed by atoms with Gasteiger partial charge in [0.1, 0.15) is 5.82 Å². The number of aryl methyl sites for hydroxylation is 1. The standard InChI is InChI=1S/C44H64N4O6Si/c1-11-51-41(50)39(53-42(4,5)6)38-33(3)45-37-30-34(31-49)46-48(37)40(38)47-27-25-44(10,26-28-47)52-29-19-18-20-32(2)54-55(43(7,8)9,35-21-14-12-15-22-35)36-23-16-13-17-24-36/h12-17,21-24,30,32,39,49H,11,18-20,25-29,31H2,1-10H3/t32-,39+/m1/s1. The van der Waals surface area contributed by atoms with Crippen molar-refractivity contribution in [1.29, 1.82) is 0 Å². The molecule has 11 heteroatoms. The van der Waals surface area contributed by atoms with Crippen LogP contribution in [0.2, 0.25) is 5.04 Å². The van der Waals surface area contributed by atoms with E-state index in [1.807, 2.05) is 27.7 Å². The Morgan fingerprint density at radius 2 is 1.56 bits per heavy atom. The number of fused-ring (bicyclic) bond motifs is 1. The first-order valence-electron chi connectivity index (χ1n) is 20.0. The van der Waals surface area contributed by atoms with Crippen LogP contribution in [0.1, 0.15) is 117 Å². The molecule has 0 saturated carbocycles. The Bertz CT molecular complexity index is 1810. The normalized spacial score (nSPS) is 16.3.